The molecule has 0 aromatic carbocycles. The maximum absolute atomic E-state index is 13.1. The first kappa shape index (κ1) is 96.1. The van der Waals surface area contributed by atoms with Crippen LogP contribution in [0.1, 0.15) is 408 Å². The van der Waals surface area contributed by atoms with Crippen LogP contribution in [0, 0.1) is 17.8 Å². The number of aliphatic hydroxyl groups excluding tert-OH is 1. The summed E-state index contributed by atoms with van der Waals surface area (Å²) in [4.78, 5) is 72.9. The van der Waals surface area contributed by atoms with E-state index in [1.807, 2.05) is 0 Å². The third kappa shape index (κ3) is 72.4. The van der Waals surface area contributed by atoms with Gasteiger partial charge in [-0.1, -0.05) is 357 Å². The molecule has 2 unspecified atom stereocenters. The maximum Gasteiger partial charge on any atom is 0.472 e. The Morgan fingerprint density at radius 1 is 0.276 bits per heavy atom. The van der Waals surface area contributed by atoms with Gasteiger partial charge < -0.3 is 33.8 Å². The van der Waals surface area contributed by atoms with Gasteiger partial charge >= 0.3 is 39.5 Å². The predicted molar refractivity (Wildman–Crippen MR) is 400 cm³/mol. The van der Waals surface area contributed by atoms with Gasteiger partial charge in [0, 0.05) is 25.7 Å². The minimum Gasteiger partial charge on any atom is -0.462 e. The Morgan fingerprint density at radius 3 is 0.694 bits per heavy atom. The van der Waals surface area contributed by atoms with E-state index in [4.69, 9.17) is 37.0 Å². The highest BCUT2D eigenvalue weighted by Gasteiger charge is 2.30. The number of ether oxygens (including phenoxy) is 4. The number of carbonyl (C=O) groups is 4. The minimum atomic E-state index is -4.96. The van der Waals surface area contributed by atoms with Crippen LogP contribution in [-0.2, 0) is 65.4 Å². The first-order chi connectivity index (χ1) is 47.2. The lowest BCUT2D eigenvalue weighted by Gasteiger charge is -2.21. The Labute approximate surface area is 600 Å². The molecule has 0 saturated heterocycles. The smallest absolute Gasteiger partial charge is 0.462 e. The second-order valence-electron chi connectivity index (χ2n) is 29.9. The topological polar surface area (TPSA) is 237 Å². The summed E-state index contributed by atoms with van der Waals surface area (Å²) in [6.07, 6.45) is 57.0. The van der Waals surface area contributed by atoms with Crippen LogP contribution in [0.3, 0.4) is 0 Å². The van der Waals surface area contributed by atoms with E-state index in [1.165, 1.54) is 212 Å². The van der Waals surface area contributed by atoms with Gasteiger partial charge in [0.15, 0.2) is 12.2 Å². The van der Waals surface area contributed by atoms with Gasteiger partial charge in [0.25, 0.3) is 0 Å². The molecule has 0 saturated carbocycles. The maximum atomic E-state index is 13.1. The van der Waals surface area contributed by atoms with E-state index < -0.39 is 97.5 Å². The summed E-state index contributed by atoms with van der Waals surface area (Å²) in [5.74, 6) is 0.183. The normalized spacial score (nSPS) is 14.0. The van der Waals surface area contributed by atoms with Gasteiger partial charge in [-0.2, -0.15) is 0 Å². The summed E-state index contributed by atoms with van der Waals surface area (Å²) in [6.45, 7) is 11.9. The van der Waals surface area contributed by atoms with E-state index in [0.29, 0.717) is 31.6 Å². The molecule has 582 valence electrons. The Hall–Kier alpha value is -1.94. The molecule has 98 heavy (non-hydrogen) atoms. The Kier molecular flexibility index (Phi) is 68.1. The molecule has 17 nitrogen and oxygen atoms in total. The lowest BCUT2D eigenvalue weighted by atomic mass is 10.0. The lowest BCUT2D eigenvalue weighted by molar-refractivity contribution is -0.161. The van der Waals surface area contributed by atoms with E-state index in [2.05, 4.69) is 48.5 Å². The molecule has 0 aliphatic rings. The van der Waals surface area contributed by atoms with E-state index in [-0.39, 0.29) is 25.7 Å². The third-order valence-corrected chi connectivity index (χ3v) is 20.3. The van der Waals surface area contributed by atoms with E-state index >= 15 is 0 Å². The Bertz CT molecular complexity index is 1900. The fraction of sp³-hybridized carbons (Fsp3) is 0.949. The number of hydrogen-bond donors (Lipinski definition) is 3. The van der Waals surface area contributed by atoms with Gasteiger partial charge in [-0.15, -0.1) is 0 Å². The monoisotopic (exact) mass is 1440 g/mol. The standard InChI is InChI=1S/C79H154O17P2/c1-8-9-10-11-12-13-14-21-27-33-40-48-55-62-78(83)96-75(67-90-77(82)61-54-47-42-35-38-45-52-59-72(6)7)69-94-98(87,88)92-65-73(80)64-91-97(85,86)93-68-74(66-89-76(81)60-53-46-39-32-29-24-26-31-37-44-51-58-71(4)5)95-79(84)63-56-49-41-34-28-23-20-18-16-15-17-19-22-25-30-36-43-50-57-70(2)3/h70-75,80H,8-69H2,1-7H3,(H,85,86)(H,87,88)/t73-,74-,75-/m1/s1. The van der Waals surface area contributed by atoms with Gasteiger partial charge in [0.05, 0.1) is 26.4 Å². The van der Waals surface area contributed by atoms with Gasteiger partial charge in [0.2, 0.25) is 0 Å². The van der Waals surface area contributed by atoms with Crippen molar-refractivity contribution in [3.63, 3.8) is 0 Å². The molecule has 0 aliphatic heterocycles. The molecular weight excluding hydrogens is 1280 g/mol. The molecule has 0 bridgehead atoms. The average molecular weight is 1440 g/mol. The molecule has 0 aliphatic carbocycles. The molecule has 0 radical (unpaired) electrons. The van der Waals surface area contributed by atoms with Crippen molar-refractivity contribution in [3.05, 3.63) is 0 Å². The molecule has 19 heteroatoms. The number of rotatable bonds is 77. The second-order valence-corrected chi connectivity index (χ2v) is 32.8. The van der Waals surface area contributed by atoms with Crippen molar-refractivity contribution < 1.29 is 80.2 Å². The van der Waals surface area contributed by atoms with Crippen molar-refractivity contribution in [1.82, 2.24) is 0 Å². The summed E-state index contributed by atoms with van der Waals surface area (Å²) in [6, 6.07) is 0. The number of unbranched alkanes of at least 4 members (excludes halogenated alkanes) is 45. The van der Waals surface area contributed by atoms with E-state index in [9.17, 15) is 43.2 Å². The molecule has 0 heterocycles. The number of esters is 4. The van der Waals surface area contributed by atoms with Crippen molar-refractivity contribution in [3.8, 4) is 0 Å². The summed E-state index contributed by atoms with van der Waals surface area (Å²) in [5, 5.41) is 10.6. The van der Waals surface area contributed by atoms with Crippen molar-refractivity contribution in [2.75, 3.05) is 39.6 Å². The predicted octanol–water partition coefficient (Wildman–Crippen LogP) is 23.4. The molecule has 0 amide bonds. The first-order valence-electron chi connectivity index (χ1n) is 40.8. The van der Waals surface area contributed by atoms with Gasteiger partial charge in [-0.25, -0.2) is 9.13 Å². The second kappa shape index (κ2) is 69.4. The molecular formula is C79H154O17P2. The molecule has 0 aromatic rings. The SMILES string of the molecule is CCCCCCCCCCCCCCCC(=O)O[C@H](COC(=O)CCCCCCCCCC(C)C)COP(=O)(O)OC[C@H](O)COP(=O)(O)OC[C@@H](COC(=O)CCCCCCCCCCCCCC(C)C)OC(=O)CCCCCCCCCCCCCCCCCCCCC(C)C. The van der Waals surface area contributed by atoms with Crippen molar-refractivity contribution in [2.45, 2.75) is 426 Å². The lowest BCUT2D eigenvalue weighted by Crippen LogP contribution is -2.30. The molecule has 3 N–H and O–H groups in total. The van der Waals surface area contributed by atoms with Crippen LogP contribution < -0.4 is 0 Å². The number of phosphoric ester groups is 2. The van der Waals surface area contributed by atoms with Crippen LogP contribution in [0.15, 0.2) is 0 Å². The van der Waals surface area contributed by atoms with Crippen LogP contribution in [0.25, 0.3) is 0 Å². The van der Waals surface area contributed by atoms with Gasteiger partial charge in [-0.05, 0) is 43.4 Å². The summed E-state index contributed by atoms with van der Waals surface area (Å²) in [7, 11) is -9.92. The summed E-state index contributed by atoms with van der Waals surface area (Å²) >= 11 is 0. The molecule has 0 aromatic heterocycles. The highest BCUT2D eigenvalue weighted by molar-refractivity contribution is 7.47. The zero-order valence-electron chi connectivity index (χ0n) is 64.3. The highest BCUT2D eigenvalue weighted by atomic mass is 31.2. The fourth-order valence-electron chi connectivity index (χ4n) is 12.1. The van der Waals surface area contributed by atoms with Gasteiger partial charge in [0.1, 0.15) is 19.3 Å². The molecule has 0 rings (SSSR count). The Morgan fingerprint density at radius 2 is 0.469 bits per heavy atom. The summed E-state index contributed by atoms with van der Waals surface area (Å²) < 4.78 is 68.6. The zero-order valence-corrected chi connectivity index (χ0v) is 66.0. The van der Waals surface area contributed by atoms with Gasteiger partial charge in [-0.3, -0.25) is 37.3 Å². The quantitative estimate of drug-likeness (QED) is 0.0222. The zero-order chi connectivity index (χ0) is 72.3. The number of aliphatic hydroxyl groups is 1. The van der Waals surface area contributed by atoms with Crippen LogP contribution in [0.4, 0.5) is 0 Å². The first-order valence-corrected chi connectivity index (χ1v) is 43.8. The van der Waals surface area contributed by atoms with Crippen LogP contribution in [0.2, 0.25) is 0 Å². The molecule has 5 atom stereocenters. The number of phosphoric acid groups is 2. The number of carbonyl (C=O) groups excluding carboxylic acids is 4. The molecule has 0 fully saturated rings. The van der Waals surface area contributed by atoms with E-state index in [1.54, 1.807) is 0 Å². The third-order valence-electron chi connectivity index (χ3n) is 18.4. The molecule has 0 spiro atoms. The van der Waals surface area contributed by atoms with Crippen molar-refractivity contribution in [1.29, 1.82) is 0 Å². The highest BCUT2D eigenvalue weighted by Crippen LogP contribution is 2.45. The van der Waals surface area contributed by atoms with Crippen LogP contribution in [0.5, 0.6) is 0 Å². The van der Waals surface area contributed by atoms with Crippen LogP contribution >= 0.6 is 15.6 Å². The van der Waals surface area contributed by atoms with Crippen molar-refractivity contribution >= 4 is 39.5 Å². The average Bonchev–Trinajstić information content (AvgIpc) is 0.958. The largest absolute Gasteiger partial charge is 0.472 e. The number of hydrogen-bond acceptors (Lipinski definition) is 15. The Balaban J connectivity index is 5.21. The van der Waals surface area contributed by atoms with Crippen molar-refractivity contribution in [2.24, 2.45) is 17.8 Å². The summed E-state index contributed by atoms with van der Waals surface area (Å²) in [5.41, 5.74) is 0. The minimum absolute atomic E-state index is 0.107. The van der Waals surface area contributed by atoms with E-state index in [0.717, 1.165) is 108 Å². The fourth-order valence-corrected chi connectivity index (χ4v) is 13.7. The van der Waals surface area contributed by atoms with Crippen LogP contribution in [-0.4, -0.2) is 96.7 Å².